The van der Waals surface area contributed by atoms with Crippen molar-refractivity contribution < 1.29 is 28.9 Å². The van der Waals surface area contributed by atoms with Gasteiger partial charge in [-0.3, -0.25) is 25.0 Å². The number of carbonyl (C=O) groups excluding carboxylic acids is 2. The van der Waals surface area contributed by atoms with Crippen molar-refractivity contribution in [3.8, 4) is 11.5 Å². The first-order chi connectivity index (χ1) is 12.2. The maximum Gasteiger partial charge on any atom is 0.344 e. The predicted octanol–water partition coefficient (Wildman–Crippen LogP) is 2.93. The van der Waals surface area contributed by atoms with Gasteiger partial charge in [-0.15, -0.1) is 0 Å². The molecule has 2 rings (SSSR count). The van der Waals surface area contributed by atoms with Gasteiger partial charge in [0.05, 0.1) is 28.6 Å². The molecule has 0 radical (unpaired) electrons. The predicted molar refractivity (Wildman–Crippen MR) is 87.7 cm³/mol. The number of non-ortho nitro benzene ring substituents is 2. The van der Waals surface area contributed by atoms with E-state index in [-0.39, 0.29) is 22.8 Å². The van der Waals surface area contributed by atoms with Gasteiger partial charge in [0.2, 0.25) is 0 Å². The summed E-state index contributed by atoms with van der Waals surface area (Å²) < 4.78 is 10.2. The summed E-state index contributed by atoms with van der Waals surface area (Å²) in [4.78, 5) is 43.7. The minimum absolute atomic E-state index is 0.0448. The van der Waals surface area contributed by atoms with Crippen LogP contribution >= 0.6 is 0 Å². The average molecular weight is 360 g/mol. The number of Topliss-reactive ketones (excluding diaryl/α,β-unsaturated/α-hetero) is 1. The maximum atomic E-state index is 12.3. The molecule has 0 spiro atoms. The molecule has 10 heteroatoms. The molecule has 0 unspecified atom stereocenters. The fourth-order valence-corrected chi connectivity index (χ4v) is 2.05. The molecule has 0 bridgehead atoms. The first-order valence-corrected chi connectivity index (χ1v) is 7.08. The van der Waals surface area contributed by atoms with Crippen molar-refractivity contribution in [3.05, 3.63) is 67.8 Å². The fourth-order valence-electron chi connectivity index (χ4n) is 2.05. The second-order valence-electron chi connectivity index (χ2n) is 5.06. The van der Waals surface area contributed by atoms with Crippen molar-refractivity contribution in [1.82, 2.24) is 0 Å². The van der Waals surface area contributed by atoms with Crippen LogP contribution in [0.3, 0.4) is 0 Å². The third-order valence-electron chi connectivity index (χ3n) is 3.33. The van der Waals surface area contributed by atoms with E-state index in [9.17, 15) is 29.8 Å². The van der Waals surface area contributed by atoms with Crippen LogP contribution in [0.2, 0.25) is 0 Å². The number of carbonyl (C=O) groups is 2. The van der Waals surface area contributed by atoms with Crippen molar-refractivity contribution in [1.29, 1.82) is 0 Å². The number of hydrogen-bond acceptors (Lipinski definition) is 8. The van der Waals surface area contributed by atoms with Crippen LogP contribution in [0.15, 0.2) is 36.4 Å². The summed E-state index contributed by atoms with van der Waals surface area (Å²) in [5.41, 5.74) is -1.29. The number of nitro benzene ring substituents is 2. The van der Waals surface area contributed by atoms with E-state index in [1.165, 1.54) is 32.2 Å². The van der Waals surface area contributed by atoms with E-state index in [2.05, 4.69) is 0 Å². The molecule has 26 heavy (non-hydrogen) atoms. The Balaban J connectivity index is 2.40. The van der Waals surface area contributed by atoms with E-state index in [1.54, 1.807) is 0 Å². The quantitative estimate of drug-likeness (QED) is 0.252. The van der Waals surface area contributed by atoms with Crippen LogP contribution in [0.5, 0.6) is 11.5 Å². The summed E-state index contributed by atoms with van der Waals surface area (Å²) >= 11 is 0. The van der Waals surface area contributed by atoms with Gasteiger partial charge in [0.1, 0.15) is 0 Å². The van der Waals surface area contributed by atoms with E-state index in [1.807, 2.05) is 0 Å². The highest BCUT2D eigenvalue weighted by Crippen LogP contribution is 2.30. The summed E-state index contributed by atoms with van der Waals surface area (Å²) in [6.07, 6.45) is 0. The molecule has 10 nitrogen and oxygen atoms in total. The first-order valence-electron chi connectivity index (χ1n) is 7.08. The van der Waals surface area contributed by atoms with Gasteiger partial charge in [0.25, 0.3) is 11.4 Å². The topological polar surface area (TPSA) is 139 Å². The zero-order chi connectivity index (χ0) is 19.4. The molecule has 0 saturated carbocycles. The highest BCUT2D eigenvalue weighted by Gasteiger charge is 2.22. The molecular weight excluding hydrogens is 348 g/mol. The number of hydrogen-bond donors (Lipinski definition) is 0. The van der Waals surface area contributed by atoms with E-state index in [0.717, 1.165) is 18.2 Å². The van der Waals surface area contributed by atoms with Gasteiger partial charge in [0, 0.05) is 17.7 Å². The molecule has 0 atom stereocenters. The van der Waals surface area contributed by atoms with Crippen LogP contribution in [-0.4, -0.2) is 28.7 Å². The monoisotopic (exact) mass is 360 g/mol. The fraction of sp³-hybridized carbons (Fsp3) is 0.125. The second kappa shape index (κ2) is 7.38. The summed E-state index contributed by atoms with van der Waals surface area (Å²) in [5.74, 6) is -1.23. The number of benzene rings is 2. The number of ketones is 1. The lowest BCUT2D eigenvalue weighted by molar-refractivity contribution is -0.394. The third-order valence-corrected chi connectivity index (χ3v) is 3.33. The molecule has 0 heterocycles. The molecule has 0 aliphatic carbocycles. The van der Waals surface area contributed by atoms with E-state index < -0.39 is 27.2 Å². The highest BCUT2D eigenvalue weighted by molar-refractivity contribution is 5.95. The highest BCUT2D eigenvalue weighted by atomic mass is 16.6. The molecular formula is C16H12N2O8. The molecule has 134 valence electrons. The largest absolute Gasteiger partial charge is 0.493 e. The average Bonchev–Trinajstić information content (AvgIpc) is 2.61. The van der Waals surface area contributed by atoms with Gasteiger partial charge in [0.15, 0.2) is 17.3 Å². The van der Waals surface area contributed by atoms with Crippen LogP contribution in [-0.2, 0) is 0 Å². The van der Waals surface area contributed by atoms with Crippen molar-refractivity contribution in [3.63, 3.8) is 0 Å². The number of nitro groups is 2. The Morgan fingerprint density at radius 3 is 1.92 bits per heavy atom. The van der Waals surface area contributed by atoms with Gasteiger partial charge >= 0.3 is 5.97 Å². The number of esters is 1. The SMILES string of the molecule is COc1cc(C(C)=O)ccc1OC(=O)c1cc([N+](=O)[O-])cc([N+](=O)[O-])c1. The molecule has 2 aromatic carbocycles. The van der Waals surface area contributed by atoms with Crippen molar-refractivity contribution in [2.24, 2.45) is 0 Å². The van der Waals surface area contributed by atoms with Crippen molar-refractivity contribution in [2.45, 2.75) is 6.92 Å². The van der Waals surface area contributed by atoms with E-state index in [0.29, 0.717) is 5.56 Å². The number of nitrogens with zero attached hydrogens (tertiary/aromatic N) is 2. The normalized spacial score (nSPS) is 10.1. The van der Waals surface area contributed by atoms with Crippen LogP contribution in [0.25, 0.3) is 0 Å². The first kappa shape index (κ1) is 18.5. The van der Waals surface area contributed by atoms with Crippen LogP contribution in [0.1, 0.15) is 27.6 Å². The molecule has 2 aromatic rings. The van der Waals surface area contributed by atoms with Crippen LogP contribution in [0.4, 0.5) is 11.4 Å². The third kappa shape index (κ3) is 3.98. The molecule has 0 aromatic heterocycles. The van der Waals surface area contributed by atoms with Gasteiger partial charge in [-0.2, -0.15) is 0 Å². The Morgan fingerprint density at radius 1 is 0.885 bits per heavy atom. The molecule has 0 aliphatic rings. The number of methoxy groups -OCH3 is 1. The summed E-state index contributed by atoms with van der Waals surface area (Å²) in [7, 11) is 1.30. The lowest BCUT2D eigenvalue weighted by Gasteiger charge is -2.10. The van der Waals surface area contributed by atoms with Gasteiger partial charge < -0.3 is 9.47 Å². The standard InChI is InChI=1S/C16H12N2O8/c1-9(19)10-3-4-14(15(7-10)25-2)26-16(20)11-5-12(17(21)22)8-13(6-11)18(23)24/h3-8H,1-2H3. The van der Waals surface area contributed by atoms with E-state index in [4.69, 9.17) is 9.47 Å². The van der Waals surface area contributed by atoms with Crippen molar-refractivity contribution in [2.75, 3.05) is 7.11 Å². The zero-order valence-corrected chi connectivity index (χ0v) is 13.6. The van der Waals surface area contributed by atoms with Crippen LogP contribution in [0, 0.1) is 20.2 Å². The summed E-state index contributed by atoms with van der Waals surface area (Å²) in [5, 5.41) is 21.8. The zero-order valence-electron chi connectivity index (χ0n) is 13.6. The minimum atomic E-state index is -1.05. The van der Waals surface area contributed by atoms with Gasteiger partial charge in [-0.25, -0.2) is 4.79 Å². The molecule has 0 saturated heterocycles. The Bertz CT molecular complexity index is 890. The Kier molecular flexibility index (Phi) is 5.26. The lowest BCUT2D eigenvalue weighted by atomic mass is 10.1. The molecule has 0 N–H and O–H groups in total. The Hall–Kier alpha value is -3.82. The van der Waals surface area contributed by atoms with Gasteiger partial charge in [-0.1, -0.05) is 0 Å². The molecule has 0 amide bonds. The minimum Gasteiger partial charge on any atom is -0.493 e. The van der Waals surface area contributed by atoms with E-state index >= 15 is 0 Å². The number of rotatable bonds is 6. The lowest BCUT2D eigenvalue weighted by Crippen LogP contribution is -2.10. The smallest absolute Gasteiger partial charge is 0.344 e. The number of ether oxygens (including phenoxy) is 2. The summed E-state index contributed by atoms with van der Waals surface area (Å²) in [6, 6.07) is 6.56. The molecule has 0 fully saturated rings. The Morgan fingerprint density at radius 2 is 1.46 bits per heavy atom. The van der Waals surface area contributed by atoms with Gasteiger partial charge in [-0.05, 0) is 25.1 Å². The molecule has 0 aliphatic heterocycles. The second-order valence-corrected chi connectivity index (χ2v) is 5.06. The summed E-state index contributed by atoms with van der Waals surface area (Å²) in [6.45, 7) is 1.35. The maximum absolute atomic E-state index is 12.3. The van der Waals surface area contributed by atoms with Crippen molar-refractivity contribution >= 4 is 23.1 Å². The Labute approximate surface area is 146 Å². The van der Waals surface area contributed by atoms with Crippen LogP contribution < -0.4 is 9.47 Å².